The Morgan fingerprint density at radius 2 is 1.59 bits per heavy atom. The maximum atomic E-state index is 5.59. The lowest BCUT2D eigenvalue weighted by Gasteiger charge is -2.49. The van der Waals surface area contributed by atoms with Gasteiger partial charge in [-0.25, -0.2) is 0 Å². The van der Waals surface area contributed by atoms with Crippen LogP contribution in [0.2, 0.25) is 0 Å². The van der Waals surface area contributed by atoms with Crippen LogP contribution in [0.4, 0.5) is 0 Å². The van der Waals surface area contributed by atoms with Gasteiger partial charge in [-0.3, -0.25) is 0 Å². The van der Waals surface area contributed by atoms with Crippen molar-refractivity contribution >= 4 is 0 Å². The van der Waals surface area contributed by atoms with E-state index in [1.165, 1.54) is 44.5 Å². The predicted molar refractivity (Wildman–Crippen MR) is 71.2 cm³/mol. The molecule has 0 amide bonds. The maximum Gasteiger partial charge on any atom is -0.00102 e. The molecule has 0 spiro atoms. The minimum atomic E-state index is 0.496. The molecule has 1 aromatic rings. The summed E-state index contributed by atoms with van der Waals surface area (Å²) in [6.45, 7) is 4.64. The Kier molecular flexibility index (Phi) is 2.93. The molecule has 3 aliphatic heterocycles. The van der Waals surface area contributed by atoms with Crippen molar-refractivity contribution in [2.24, 2.45) is 5.73 Å². The van der Waals surface area contributed by atoms with Crippen molar-refractivity contribution in [1.82, 2.24) is 4.90 Å². The third-order valence-electron chi connectivity index (χ3n) is 4.72. The molecule has 2 nitrogen and oxygen atoms in total. The van der Waals surface area contributed by atoms with Crippen molar-refractivity contribution in [3.8, 4) is 0 Å². The van der Waals surface area contributed by atoms with Gasteiger partial charge in [0, 0.05) is 0 Å². The lowest BCUT2D eigenvalue weighted by molar-refractivity contribution is 0.0818. The summed E-state index contributed by atoms with van der Waals surface area (Å²) in [5.74, 6) is 0. The smallest absolute Gasteiger partial charge is 0.00102 e. The minimum Gasteiger partial charge on any atom is -0.330 e. The Hall–Kier alpha value is -0.860. The maximum absolute atomic E-state index is 5.59. The standard InChI is InChI=1S/C15H22N2/c16-9-5-13-1-3-14(4-2-13)15-6-10-17(11-7-15)12-8-15/h1-4H,5-12,16H2. The number of hydrogen-bond donors (Lipinski definition) is 1. The summed E-state index contributed by atoms with van der Waals surface area (Å²) in [6, 6.07) is 9.26. The Morgan fingerprint density at radius 3 is 2.12 bits per heavy atom. The van der Waals surface area contributed by atoms with Crippen LogP contribution >= 0.6 is 0 Å². The van der Waals surface area contributed by atoms with Crippen molar-refractivity contribution in [3.63, 3.8) is 0 Å². The van der Waals surface area contributed by atoms with Crippen LogP contribution in [0.25, 0.3) is 0 Å². The van der Waals surface area contributed by atoms with Crippen molar-refractivity contribution in [1.29, 1.82) is 0 Å². The summed E-state index contributed by atoms with van der Waals surface area (Å²) in [7, 11) is 0. The first-order chi connectivity index (χ1) is 8.32. The zero-order valence-corrected chi connectivity index (χ0v) is 10.5. The molecule has 0 atom stereocenters. The lowest BCUT2D eigenvalue weighted by Crippen LogP contribution is -2.50. The van der Waals surface area contributed by atoms with E-state index < -0.39 is 0 Å². The fraction of sp³-hybridized carbons (Fsp3) is 0.600. The number of piperidine rings is 3. The van der Waals surface area contributed by atoms with E-state index in [1.54, 1.807) is 5.56 Å². The van der Waals surface area contributed by atoms with Crippen molar-refractivity contribution in [3.05, 3.63) is 35.4 Å². The van der Waals surface area contributed by atoms with Gasteiger partial charge in [-0.05, 0) is 68.4 Å². The highest BCUT2D eigenvalue weighted by molar-refractivity contribution is 5.31. The number of fused-ring (bicyclic) bond motifs is 3. The van der Waals surface area contributed by atoms with Gasteiger partial charge in [-0.1, -0.05) is 24.3 Å². The van der Waals surface area contributed by atoms with Gasteiger partial charge in [0.2, 0.25) is 0 Å². The number of hydrogen-bond acceptors (Lipinski definition) is 2. The normalized spacial score (nSPS) is 31.7. The summed E-state index contributed by atoms with van der Waals surface area (Å²) in [5.41, 5.74) is 9.03. The van der Waals surface area contributed by atoms with E-state index in [-0.39, 0.29) is 0 Å². The Balaban J connectivity index is 1.82. The summed E-state index contributed by atoms with van der Waals surface area (Å²) in [5, 5.41) is 0. The molecule has 92 valence electrons. The minimum absolute atomic E-state index is 0.496. The van der Waals surface area contributed by atoms with Crippen molar-refractivity contribution in [2.75, 3.05) is 26.2 Å². The molecule has 3 heterocycles. The van der Waals surface area contributed by atoms with E-state index in [0.717, 1.165) is 13.0 Å². The largest absolute Gasteiger partial charge is 0.330 e. The van der Waals surface area contributed by atoms with E-state index in [4.69, 9.17) is 5.73 Å². The van der Waals surface area contributed by atoms with Crippen molar-refractivity contribution in [2.45, 2.75) is 31.1 Å². The summed E-state index contributed by atoms with van der Waals surface area (Å²) in [4.78, 5) is 2.60. The van der Waals surface area contributed by atoms with E-state index in [9.17, 15) is 0 Å². The average molecular weight is 230 g/mol. The molecule has 0 unspecified atom stereocenters. The van der Waals surface area contributed by atoms with Gasteiger partial charge >= 0.3 is 0 Å². The van der Waals surface area contributed by atoms with E-state index in [1.807, 2.05) is 0 Å². The van der Waals surface area contributed by atoms with Crippen LogP contribution in [0, 0.1) is 0 Å². The molecule has 1 aromatic carbocycles. The highest BCUT2D eigenvalue weighted by Gasteiger charge is 2.40. The van der Waals surface area contributed by atoms with Crippen LogP contribution < -0.4 is 5.73 Å². The third kappa shape index (κ3) is 2.00. The zero-order valence-electron chi connectivity index (χ0n) is 10.5. The van der Waals surface area contributed by atoms with E-state index in [0.29, 0.717) is 5.41 Å². The van der Waals surface area contributed by atoms with E-state index in [2.05, 4.69) is 29.2 Å². The van der Waals surface area contributed by atoms with Crippen molar-refractivity contribution < 1.29 is 0 Å². The monoisotopic (exact) mass is 230 g/mol. The van der Waals surface area contributed by atoms with Crippen LogP contribution in [-0.2, 0) is 11.8 Å². The highest BCUT2D eigenvalue weighted by Crippen LogP contribution is 2.42. The van der Waals surface area contributed by atoms with Gasteiger partial charge < -0.3 is 10.6 Å². The second kappa shape index (κ2) is 4.43. The van der Waals surface area contributed by atoms with Crippen LogP contribution in [0.5, 0.6) is 0 Å². The average Bonchev–Trinajstić information content (AvgIpc) is 2.42. The van der Waals surface area contributed by atoms with Gasteiger partial charge in [-0.15, -0.1) is 0 Å². The summed E-state index contributed by atoms with van der Waals surface area (Å²) < 4.78 is 0. The second-order valence-corrected chi connectivity index (χ2v) is 5.61. The predicted octanol–water partition coefficient (Wildman–Crippen LogP) is 1.93. The Labute approximate surface area is 104 Å². The van der Waals surface area contributed by atoms with Crippen LogP contribution in [-0.4, -0.2) is 31.1 Å². The number of rotatable bonds is 3. The lowest BCUT2D eigenvalue weighted by atomic mass is 9.67. The fourth-order valence-electron chi connectivity index (χ4n) is 3.45. The fourth-order valence-corrected chi connectivity index (χ4v) is 3.45. The first kappa shape index (κ1) is 11.2. The molecular formula is C15H22N2. The molecule has 0 aromatic heterocycles. The first-order valence-corrected chi connectivity index (χ1v) is 6.84. The van der Waals surface area contributed by atoms with Crippen LogP contribution in [0.1, 0.15) is 30.4 Å². The molecule has 0 radical (unpaired) electrons. The Morgan fingerprint density at radius 1 is 1.00 bits per heavy atom. The van der Waals surface area contributed by atoms with E-state index >= 15 is 0 Å². The molecule has 17 heavy (non-hydrogen) atoms. The first-order valence-electron chi connectivity index (χ1n) is 6.84. The second-order valence-electron chi connectivity index (χ2n) is 5.61. The summed E-state index contributed by atoms with van der Waals surface area (Å²) in [6.07, 6.45) is 5.05. The van der Waals surface area contributed by atoms with Gasteiger partial charge in [-0.2, -0.15) is 0 Å². The number of nitrogens with zero attached hydrogens (tertiary/aromatic N) is 1. The summed E-state index contributed by atoms with van der Waals surface area (Å²) >= 11 is 0. The molecule has 3 aliphatic rings. The molecule has 2 bridgehead atoms. The van der Waals surface area contributed by atoms with Gasteiger partial charge in [0.15, 0.2) is 0 Å². The topological polar surface area (TPSA) is 29.3 Å². The molecule has 2 heteroatoms. The Bertz CT molecular complexity index is 361. The molecule has 2 N–H and O–H groups in total. The zero-order chi connectivity index (χ0) is 11.7. The SMILES string of the molecule is NCCc1ccc(C23CCN(CC2)CC3)cc1. The molecular weight excluding hydrogens is 208 g/mol. The molecule has 0 aliphatic carbocycles. The third-order valence-corrected chi connectivity index (χ3v) is 4.72. The van der Waals surface area contributed by atoms with Gasteiger partial charge in [0.05, 0.1) is 0 Å². The highest BCUT2D eigenvalue weighted by atomic mass is 15.1. The molecule has 3 saturated heterocycles. The molecule has 0 saturated carbocycles. The molecule has 3 fully saturated rings. The van der Waals surface area contributed by atoms with Gasteiger partial charge in [0.25, 0.3) is 0 Å². The molecule has 4 rings (SSSR count). The number of benzene rings is 1. The quantitative estimate of drug-likeness (QED) is 0.859. The number of nitrogens with two attached hydrogens (primary N) is 1. The van der Waals surface area contributed by atoms with Gasteiger partial charge in [0.1, 0.15) is 0 Å². The van der Waals surface area contributed by atoms with Crippen LogP contribution in [0.3, 0.4) is 0 Å². The van der Waals surface area contributed by atoms with Crippen LogP contribution in [0.15, 0.2) is 24.3 Å².